The minimum atomic E-state index is -2.68. The first-order chi connectivity index (χ1) is 4.64. The van der Waals surface area contributed by atoms with Crippen LogP contribution in [0, 0.1) is 5.92 Å². The van der Waals surface area contributed by atoms with E-state index in [9.17, 15) is 8.42 Å². The molecule has 0 aromatic heterocycles. The van der Waals surface area contributed by atoms with Gasteiger partial charge < -0.3 is 0 Å². The van der Waals surface area contributed by atoms with E-state index in [1.165, 1.54) is 0 Å². The molecule has 0 N–H and O–H groups in total. The molecular formula is C6H11ClO2S. The van der Waals surface area contributed by atoms with E-state index >= 15 is 0 Å². The van der Waals surface area contributed by atoms with Crippen molar-refractivity contribution < 1.29 is 8.42 Å². The van der Waals surface area contributed by atoms with Crippen LogP contribution in [0.15, 0.2) is 0 Å². The SMILES string of the molecule is O=S1(=O)CC[C@H](CCCl)C1. The van der Waals surface area contributed by atoms with Crippen molar-refractivity contribution in [1.29, 1.82) is 0 Å². The Balaban J connectivity index is 2.44. The molecule has 60 valence electrons. The molecule has 1 fully saturated rings. The highest BCUT2D eigenvalue weighted by Gasteiger charge is 2.26. The van der Waals surface area contributed by atoms with E-state index in [1.807, 2.05) is 0 Å². The maximum Gasteiger partial charge on any atom is 0.150 e. The van der Waals surface area contributed by atoms with Crippen LogP contribution >= 0.6 is 11.6 Å². The highest BCUT2D eigenvalue weighted by molar-refractivity contribution is 7.91. The highest BCUT2D eigenvalue weighted by Crippen LogP contribution is 2.21. The third kappa shape index (κ3) is 2.13. The third-order valence-electron chi connectivity index (χ3n) is 1.84. The quantitative estimate of drug-likeness (QED) is 0.599. The predicted octanol–water partition coefficient (Wildman–Crippen LogP) is 1.05. The molecule has 0 saturated carbocycles. The zero-order chi connectivity index (χ0) is 7.61. The van der Waals surface area contributed by atoms with Crippen LogP contribution in [0.4, 0.5) is 0 Å². The molecule has 0 unspecified atom stereocenters. The van der Waals surface area contributed by atoms with Crippen LogP contribution < -0.4 is 0 Å². The summed E-state index contributed by atoms with van der Waals surface area (Å²) in [6, 6.07) is 0. The number of rotatable bonds is 2. The first-order valence-corrected chi connectivity index (χ1v) is 5.76. The van der Waals surface area contributed by atoms with Crippen molar-refractivity contribution >= 4 is 21.4 Å². The lowest BCUT2D eigenvalue weighted by Gasteiger charge is -2.01. The molecule has 1 aliphatic rings. The Kier molecular flexibility index (Phi) is 2.58. The monoisotopic (exact) mass is 182 g/mol. The minimum Gasteiger partial charge on any atom is -0.229 e. The van der Waals surface area contributed by atoms with Crippen molar-refractivity contribution in [3.63, 3.8) is 0 Å². The molecule has 4 heteroatoms. The molecule has 0 radical (unpaired) electrons. The van der Waals surface area contributed by atoms with Gasteiger partial charge in [0.1, 0.15) is 0 Å². The molecule has 10 heavy (non-hydrogen) atoms. The smallest absolute Gasteiger partial charge is 0.150 e. The van der Waals surface area contributed by atoms with Crippen LogP contribution in [0.3, 0.4) is 0 Å². The Hall–Kier alpha value is 0.240. The fourth-order valence-corrected chi connectivity index (χ4v) is 3.47. The maximum absolute atomic E-state index is 10.9. The zero-order valence-corrected chi connectivity index (χ0v) is 7.29. The largest absolute Gasteiger partial charge is 0.229 e. The van der Waals surface area contributed by atoms with Gasteiger partial charge in [0, 0.05) is 5.88 Å². The van der Waals surface area contributed by atoms with Gasteiger partial charge in [-0.1, -0.05) is 0 Å². The molecule has 2 nitrogen and oxygen atoms in total. The summed E-state index contributed by atoms with van der Waals surface area (Å²) in [6.45, 7) is 0. The lowest BCUT2D eigenvalue weighted by Crippen LogP contribution is -2.04. The second-order valence-corrected chi connectivity index (χ2v) is 5.35. The van der Waals surface area contributed by atoms with Gasteiger partial charge in [0.05, 0.1) is 11.5 Å². The Labute approximate surface area is 66.5 Å². The zero-order valence-electron chi connectivity index (χ0n) is 5.72. The molecule has 0 aromatic rings. The number of alkyl halides is 1. The molecule has 0 bridgehead atoms. The summed E-state index contributed by atoms with van der Waals surface area (Å²) in [6.07, 6.45) is 1.66. The van der Waals surface area contributed by atoms with E-state index in [2.05, 4.69) is 0 Å². The molecule has 0 aliphatic carbocycles. The second kappa shape index (κ2) is 3.09. The number of halogens is 1. The molecule has 0 aromatic carbocycles. The lowest BCUT2D eigenvalue weighted by molar-refractivity contribution is 0.573. The van der Waals surface area contributed by atoms with Crippen molar-refractivity contribution in [2.45, 2.75) is 12.8 Å². The topological polar surface area (TPSA) is 34.1 Å². The first kappa shape index (κ1) is 8.34. The van der Waals surface area contributed by atoms with Crippen molar-refractivity contribution in [2.24, 2.45) is 5.92 Å². The van der Waals surface area contributed by atoms with Crippen LogP contribution in [-0.4, -0.2) is 25.8 Å². The summed E-state index contributed by atoms with van der Waals surface area (Å²) >= 11 is 5.48. The number of hydrogen-bond donors (Lipinski definition) is 0. The fourth-order valence-electron chi connectivity index (χ4n) is 1.25. The normalized spacial score (nSPS) is 30.7. The molecule has 1 atom stereocenters. The Morgan fingerprint density at radius 1 is 1.50 bits per heavy atom. The molecule has 0 spiro atoms. The van der Waals surface area contributed by atoms with Gasteiger partial charge >= 0.3 is 0 Å². The van der Waals surface area contributed by atoms with Gasteiger partial charge in [0.2, 0.25) is 0 Å². The van der Waals surface area contributed by atoms with E-state index in [1.54, 1.807) is 0 Å². The van der Waals surface area contributed by atoms with Crippen LogP contribution in [0.5, 0.6) is 0 Å². The summed E-state index contributed by atoms with van der Waals surface area (Å²) in [7, 11) is -2.68. The van der Waals surface area contributed by atoms with Crippen molar-refractivity contribution in [3.05, 3.63) is 0 Å². The summed E-state index contributed by atoms with van der Waals surface area (Å²) in [5, 5.41) is 0. The fraction of sp³-hybridized carbons (Fsp3) is 1.00. The highest BCUT2D eigenvalue weighted by atomic mass is 35.5. The van der Waals surface area contributed by atoms with Gasteiger partial charge in [0.15, 0.2) is 9.84 Å². The van der Waals surface area contributed by atoms with Crippen molar-refractivity contribution in [1.82, 2.24) is 0 Å². The van der Waals surface area contributed by atoms with E-state index in [0.717, 1.165) is 12.8 Å². The van der Waals surface area contributed by atoms with Crippen LogP contribution in [-0.2, 0) is 9.84 Å². The predicted molar refractivity (Wildman–Crippen MR) is 42.1 cm³/mol. The maximum atomic E-state index is 10.9. The van der Waals surface area contributed by atoms with Crippen LogP contribution in [0.2, 0.25) is 0 Å². The van der Waals surface area contributed by atoms with Crippen LogP contribution in [0.25, 0.3) is 0 Å². The third-order valence-corrected chi connectivity index (χ3v) is 3.90. The molecule has 0 amide bonds. The molecule has 1 heterocycles. The van der Waals surface area contributed by atoms with E-state index in [0.29, 0.717) is 23.3 Å². The Morgan fingerprint density at radius 2 is 2.20 bits per heavy atom. The average molecular weight is 183 g/mol. The number of sulfone groups is 1. The second-order valence-electron chi connectivity index (χ2n) is 2.75. The Bertz CT molecular complexity index is 198. The number of hydrogen-bond acceptors (Lipinski definition) is 2. The van der Waals surface area contributed by atoms with Gasteiger partial charge in [-0.2, -0.15) is 0 Å². The average Bonchev–Trinajstić information content (AvgIpc) is 2.12. The summed E-state index contributed by atoms with van der Waals surface area (Å²) in [5.41, 5.74) is 0. The van der Waals surface area contributed by atoms with Crippen LogP contribution in [0.1, 0.15) is 12.8 Å². The van der Waals surface area contributed by atoms with E-state index < -0.39 is 9.84 Å². The summed E-state index contributed by atoms with van der Waals surface area (Å²) in [4.78, 5) is 0. The van der Waals surface area contributed by atoms with Gasteiger partial charge in [-0.3, -0.25) is 0 Å². The van der Waals surface area contributed by atoms with Crippen molar-refractivity contribution in [2.75, 3.05) is 17.4 Å². The van der Waals surface area contributed by atoms with Gasteiger partial charge in [-0.15, -0.1) is 11.6 Å². The first-order valence-electron chi connectivity index (χ1n) is 3.40. The van der Waals surface area contributed by atoms with Gasteiger partial charge in [-0.25, -0.2) is 8.42 Å². The molecule has 1 rings (SSSR count). The van der Waals surface area contributed by atoms with E-state index in [-0.39, 0.29) is 0 Å². The van der Waals surface area contributed by atoms with E-state index in [4.69, 9.17) is 11.6 Å². The lowest BCUT2D eigenvalue weighted by atomic mass is 10.1. The molecular weight excluding hydrogens is 172 g/mol. The van der Waals surface area contributed by atoms with Crippen molar-refractivity contribution in [3.8, 4) is 0 Å². The molecule has 1 aliphatic heterocycles. The molecule has 1 saturated heterocycles. The standard InChI is InChI=1S/C6H11ClO2S/c7-3-1-6-2-4-10(8,9)5-6/h6H,1-5H2/t6-/m0/s1. The summed E-state index contributed by atoms with van der Waals surface area (Å²) in [5.74, 6) is 1.65. The van der Waals surface area contributed by atoms with Gasteiger partial charge in [0.25, 0.3) is 0 Å². The Morgan fingerprint density at radius 3 is 2.60 bits per heavy atom. The minimum absolute atomic E-state index is 0.336. The van der Waals surface area contributed by atoms with Gasteiger partial charge in [-0.05, 0) is 18.8 Å². The summed E-state index contributed by atoms with van der Waals surface area (Å²) < 4.78 is 21.7.